The third kappa shape index (κ3) is 10.9. The molecule has 7 nitrogen and oxygen atoms in total. The summed E-state index contributed by atoms with van der Waals surface area (Å²) in [5, 5.41) is 7.04. The minimum Gasteiger partial charge on any atom is -0.497 e. The maximum absolute atomic E-state index is 14.3. The SMILES string of the molecule is C=C[C@H]1CN2C(S(=O)CCCCCCCCCCCCCCCCCC)CC1C[C@H]2[C@H](OC(=O)NC12CC3CC(CC(C3)C1)C2)C1=CCNc2ccc(OC)cc21. The number of piperidine rings is 3. The molecule has 1 amide bonds. The summed E-state index contributed by atoms with van der Waals surface area (Å²) in [4.78, 5) is 16.8. The van der Waals surface area contributed by atoms with Gasteiger partial charge in [-0.1, -0.05) is 115 Å². The minimum absolute atomic E-state index is 0.0225. The van der Waals surface area contributed by atoms with Crippen LogP contribution in [0.25, 0.3) is 5.57 Å². The number of carbonyl (C=O) groups is 1. The van der Waals surface area contributed by atoms with Gasteiger partial charge in [0, 0.05) is 52.0 Å². The number of anilines is 1. The van der Waals surface area contributed by atoms with Crippen LogP contribution in [0, 0.1) is 29.6 Å². The highest BCUT2D eigenvalue weighted by molar-refractivity contribution is 7.85. The van der Waals surface area contributed by atoms with Crippen LogP contribution < -0.4 is 15.4 Å². The summed E-state index contributed by atoms with van der Waals surface area (Å²) in [5.74, 6) is 4.49. The molecule has 4 aliphatic heterocycles. The standard InChI is InChI=1S/C49H77N3O4S/c1-4-6-7-8-9-10-11-12-13-14-15-16-17-18-19-20-25-57(54)46-30-40-29-45(52(46)35-39(40)5-2)47(42-23-24-50-44-22-21-41(55-3)31-43(42)44)56-48(53)51-49-32-36-26-37(33-49)28-38(27-36)34-49/h5,21-23,31,36-40,45-47,50H,2,4,6-20,24-30,32-35H2,1,3H3,(H,51,53)/t36?,37?,38?,39-,40?,45-,46?,47+,49?,57?/m0/s1. The number of carbonyl (C=O) groups excluding carboxylic acids is 1. The summed E-state index contributed by atoms with van der Waals surface area (Å²) in [6.45, 7) is 8.01. The van der Waals surface area contributed by atoms with Crippen molar-refractivity contribution in [2.75, 3.05) is 31.3 Å². The summed E-state index contributed by atoms with van der Waals surface area (Å²) in [5.41, 5.74) is 2.98. The Morgan fingerprint density at radius 1 is 0.895 bits per heavy atom. The Labute approximate surface area is 348 Å². The zero-order chi connectivity index (χ0) is 39.6. The molecule has 7 atom stereocenters. The highest BCUT2D eigenvalue weighted by Crippen LogP contribution is 2.56. The van der Waals surface area contributed by atoms with E-state index in [4.69, 9.17) is 9.47 Å². The number of benzene rings is 1. The number of hydrogen-bond donors (Lipinski definition) is 2. The minimum atomic E-state index is -0.971. The molecule has 4 heterocycles. The number of rotatable bonds is 24. The summed E-state index contributed by atoms with van der Waals surface area (Å²) in [6, 6.07) is 6.09. The Hall–Kier alpha value is -2.32. The fourth-order valence-electron chi connectivity index (χ4n) is 12.6. The van der Waals surface area contributed by atoms with Crippen LogP contribution in [0.3, 0.4) is 0 Å². The molecule has 7 fully saturated rings. The molecule has 0 radical (unpaired) electrons. The van der Waals surface area contributed by atoms with Crippen molar-refractivity contribution in [3.8, 4) is 5.75 Å². The lowest BCUT2D eigenvalue weighted by Crippen LogP contribution is -2.64. The van der Waals surface area contributed by atoms with Gasteiger partial charge in [0.25, 0.3) is 0 Å². The second-order valence-electron chi connectivity index (χ2n) is 19.3. The molecule has 8 aliphatic rings. The molecule has 9 rings (SSSR count). The first-order valence-corrected chi connectivity index (χ1v) is 25.1. The van der Waals surface area contributed by atoms with Crippen LogP contribution in [0.4, 0.5) is 10.5 Å². The van der Waals surface area contributed by atoms with Crippen LogP contribution in [0.1, 0.15) is 167 Å². The molecule has 6 bridgehead atoms. The van der Waals surface area contributed by atoms with Gasteiger partial charge < -0.3 is 20.1 Å². The van der Waals surface area contributed by atoms with Crippen molar-refractivity contribution in [3.63, 3.8) is 0 Å². The van der Waals surface area contributed by atoms with E-state index in [1.54, 1.807) is 7.11 Å². The van der Waals surface area contributed by atoms with Crippen molar-refractivity contribution in [2.45, 2.75) is 184 Å². The number of nitrogens with zero attached hydrogens (tertiary/aromatic N) is 1. The second kappa shape index (κ2) is 20.8. The second-order valence-corrected chi connectivity index (χ2v) is 21.1. The van der Waals surface area contributed by atoms with Crippen LogP contribution >= 0.6 is 0 Å². The molecule has 3 saturated heterocycles. The van der Waals surface area contributed by atoms with Gasteiger partial charge in [0.1, 0.15) is 11.9 Å². The first-order valence-electron chi connectivity index (χ1n) is 23.7. The first-order chi connectivity index (χ1) is 27.9. The lowest BCUT2D eigenvalue weighted by molar-refractivity contribution is -0.0498. The van der Waals surface area contributed by atoms with Gasteiger partial charge in [-0.3, -0.25) is 9.11 Å². The highest BCUT2D eigenvalue weighted by atomic mass is 32.2. The predicted octanol–water partition coefficient (Wildman–Crippen LogP) is 11.8. The van der Waals surface area contributed by atoms with Crippen LogP contribution in [-0.4, -0.2) is 64.2 Å². The van der Waals surface area contributed by atoms with E-state index in [9.17, 15) is 9.00 Å². The van der Waals surface area contributed by atoms with E-state index in [1.807, 2.05) is 6.07 Å². The van der Waals surface area contributed by atoms with Gasteiger partial charge in [0.2, 0.25) is 0 Å². The Morgan fingerprint density at radius 3 is 2.05 bits per heavy atom. The van der Waals surface area contributed by atoms with Gasteiger partial charge in [-0.05, 0) is 106 Å². The quantitative estimate of drug-likeness (QED) is 0.0800. The smallest absolute Gasteiger partial charge is 0.408 e. The Kier molecular flexibility index (Phi) is 15.6. The van der Waals surface area contributed by atoms with E-state index in [0.717, 1.165) is 97.6 Å². The maximum atomic E-state index is 14.3. The maximum Gasteiger partial charge on any atom is 0.408 e. The molecule has 1 aromatic carbocycles. The van der Waals surface area contributed by atoms with Gasteiger partial charge in [-0.2, -0.15) is 0 Å². The fraction of sp³-hybridized carbons (Fsp3) is 0.776. The van der Waals surface area contributed by atoms with Crippen LogP contribution in [0.2, 0.25) is 0 Å². The molecular formula is C49H77N3O4S. The topological polar surface area (TPSA) is 79.9 Å². The van der Waals surface area contributed by atoms with Crippen molar-refractivity contribution in [3.05, 3.63) is 42.5 Å². The van der Waals surface area contributed by atoms with Gasteiger partial charge >= 0.3 is 6.09 Å². The highest BCUT2D eigenvalue weighted by Gasteiger charge is 2.54. The van der Waals surface area contributed by atoms with Gasteiger partial charge in [0.05, 0.1) is 18.5 Å². The van der Waals surface area contributed by atoms with Crippen molar-refractivity contribution < 1.29 is 18.5 Å². The van der Waals surface area contributed by atoms with Crippen molar-refractivity contribution in [2.24, 2.45) is 29.6 Å². The van der Waals surface area contributed by atoms with Gasteiger partial charge in [-0.15, -0.1) is 6.58 Å². The fourth-order valence-corrected chi connectivity index (χ4v) is 14.3. The number of ether oxygens (including phenoxy) is 2. The van der Waals surface area contributed by atoms with E-state index >= 15 is 0 Å². The van der Waals surface area contributed by atoms with E-state index < -0.39 is 16.9 Å². The Morgan fingerprint density at radius 2 is 1.49 bits per heavy atom. The lowest BCUT2D eigenvalue weighted by Gasteiger charge is -2.57. The zero-order valence-electron chi connectivity index (χ0n) is 35.8. The largest absolute Gasteiger partial charge is 0.497 e. The molecule has 4 unspecified atom stereocenters. The molecule has 4 saturated carbocycles. The van der Waals surface area contributed by atoms with Crippen LogP contribution in [-0.2, 0) is 15.5 Å². The molecule has 318 valence electrons. The Balaban J connectivity index is 0.946. The van der Waals surface area contributed by atoms with Gasteiger partial charge in [-0.25, -0.2) is 4.79 Å². The normalized spacial score (nSPS) is 31.9. The Bertz CT molecular complexity index is 1490. The van der Waals surface area contributed by atoms with Crippen molar-refractivity contribution in [1.82, 2.24) is 10.2 Å². The average molecular weight is 804 g/mol. The molecule has 0 aromatic heterocycles. The van der Waals surface area contributed by atoms with E-state index in [2.05, 4.69) is 53.3 Å². The lowest BCUT2D eigenvalue weighted by atomic mass is 9.53. The monoisotopic (exact) mass is 804 g/mol. The summed E-state index contributed by atoms with van der Waals surface area (Å²) < 4.78 is 26.8. The molecule has 8 heteroatoms. The van der Waals surface area contributed by atoms with E-state index in [-0.39, 0.29) is 23.0 Å². The number of alkyl carbamates (subject to hydrolysis) is 1. The number of amides is 1. The third-order valence-electron chi connectivity index (χ3n) is 15.1. The van der Waals surface area contributed by atoms with Crippen molar-refractivity contribution >= 4 is 28.2 Å². The van der Waals surface area contributed by atoms with Gasteiger partial charge in [0.15, 0.2) is 0 Å². The zero-order valence-corrected chi connectivity index (χ0v) is 36.6. The van der Waals surface area contributed by atoms with Crippen LogP contribution in [0.15, 0.2) is 36.9 Å². The molecule has 0 spiro atoms. The number of fused-ring (bicyclic) bond motifs is 4. The summed E-state index contributed by atoms with van der Waals surface area (Å²) in [6.07, 6.45) is 34.1. The molecule has 4 aliphatic carbocycles. The molecule has 2 N–H and O–H groups in total. The number of hydrogen-bond acceptors (Lipinski definition) is 6. The van der Waals surface area contributed by atoms with E-state index in [1.165, 1.54) is 109 Å². The first kappa shape index (κ1) is 42.8. The third-order valence-corrected chi connectivity index (χ3v) is 16.9. The predicted molar refractivity (Wildman–Crippen MR) is 237 cm³/mol. The molecular weight excluding hydrogens is 727 g/mol. The molecule has 1 aromatic rings. The summed E-state index contributed by atoms with van der Waals surface area (Å²) in [7, 11) is 0.732. The number of methoxy groups -OCH3 is 1. The average Bonchev–Trinajstić information content (AvgIpc) is 3.21. The molecule has 57 heavy (non-hydrogen) atoms. The number of nitrogens with one attached hydrogen (secondary N) is 2. The van der Waals surface area contributed by atoms with Crippen LogP contribution in [0.5, 0.6) is 5.75 Å². The van der Waals surface area contributed by atoms with E-state index in [0.29, 0.717) is 18.4 Å². The number of unbranched alkanes of at least 4 members (excludes halogenated alkanes) is 15. The van der Waals surface area contributed by atoms with Crippen molar-refractivity contribution in [1.29, 1.82) is 0 Å². The summed E-state index contributed by atoms with van der Waals surface area (Å²) >= 11 is 0.